The van der Waals surface area contributed by atoms with Gasteiger partial charge >= 0.3 is 5.97 Å². The molecule has 0 amide bonds. The van der Waals surface area contributed by atoms with Crippen molar-refractivity contribution in [3.05, 3.63) is 41.0 Å². The summed E-state index contributed by atoms with van der Waals surface area (Å²) in [5, 5.41) is 0. The molecular formula is C18H18N2O3. The molecule has 0 aliphatic heterocycles. The molecule has 0 aliphatic carbocycles. The van der Waals surface area contributed by atoms with Crippen LogP contribution in [0.5, 0.6) is 5.75 Å². The van der Waals surface area contributed by atoms with Gasteiger partial charge in [0.15, 0.2) is 0 Å². The number of aromatic nitrogens is 2. The summed E-state index contributed by atoms with van der Waals surface area (Å²) in [6.07, 6.45) is 0. The molecule has 0 spiro atoms. The third-order valence-electron chi connectivity index (χ3n) is 3.82. The predicted octanol–water partition coefficient (Wildman–Crippen LogP) is 3.59. The molecule has 2 aromatic carbocycles. The summed E-state index contributed by atoms with van der Waals surface area (Å²) in [5.74, 6) is 0.432. The van der Waals surface area contributed by atoms with E-state index >= 15 is 0 Å². The Labute approximate surface area is 134 Å². The minimum atomic E-state index is -0.413. The van der Waals surface area contributed by atoms with Crippen LogP contribution in [0.1, 0.15) is 28.4 Å². The molecule has 0 bridgehead atoms. The third kappa shape index (κ3) is 2.48. The number of fused-ring (bicyclic) bond motifs is 2. The van der Waals surface area contributed by atoms with E-state index in [0.29, 0.717) is 23.2 Å². The number of ether oxygens (including phenoxy) is 2. The number of carbonyl (C=O) groups excluding carboxylic acids is 1. The van der Waals surface area contributed by atoms with Gasteiger partial charge in [-0.2, -0.15) is 0 Å². The molecule has 0 aliphatic rings. The number of rotatable bonds is 3. The van der Waals surface area contributed by atoms with Crippen molar-refractivity contribution in [3.8, 4) is 5.75 Å². The number of aryl methyl sites for hydroxylation is 2. The summed E-state index contributed by atoms with van der Waals surface area (Å²) in [6, 6.07) is 7.26. The normalized spacial score (nSPS) is 11.0. The Morgan fingerprint density at radius 3 is 2.57 bits per heavy atom. The maximum Gasteiger partial charge on any atom is 0.340 e. The smallest absolute Gasteiger partial charge is 0.340 e. The highest BCUT2D eigenvalue weighted by atomic mass is 16.5. The Morgan fingerprint density at radius 1 is 1.13 bits per heavy atom. The highest BCUT2D eigenvalue weighted by Crippen LogP contribution is 2.31. The third-order valence-corrected chi connectivity index (χ3v) is 3.82. The van der Waals surface area contributed by atoms with E-state index in [1.807, 2.05) is 32.9 Å². The van der Waals surface area contributed by atoms with E-state index in [-0.39, 0.29) is 0 Å². The van der Waals surface area contributed by atoms with Gasteiger partial charge in [0.05, 0.1) is 35.8 Å². The van der Waals surface area contributed by atoms with Crippen molar-refractivity contribution in [2.45, 2.75) is 20.8 Å². The topological polar surface area (TPSA) is 61.3 Å². The van der Waals surface area contributed by atoms with Crippen LogP contribution in [0.2, 0.25) is 0 Å². The van der Waals surface area contributed by atoms with E-state index in [0.717, 1.165) is 27.9 Å². The first-order chi connectivity index (χ1) is 11.1. The number of hydrogen-bond acceptors (Lipinski definition) is 5. The largest absolute Gasteiger partial charge is 0.493 e. The fourth-order valence-corrected chi connectivity index (χ4v) is 2.78. The van der Waals surface area contributed by atoms with Crippen molar-refractivity contribution in [2.24, 2.45) is 0 Å². The molecule has 0 saturated carbocycles. The summed E-state index contributed by atoms with van der Waals surface area (Å²) in [6.45, 7) is 6.51. The van der Waals surface area contributed by atoms with Crippen LogP contribution in [0, 0.1) is 13.8 Å². The summed E-state index contributed by atoms with van der Waals surface area (Å²) >= 11 is 0. The van der Waals surface area contributed by atoms with E-state index < -0.39 is 5.97 Å². The molecule has 0 N–H and O–H groups in total. The fourth-order valence-electron chi connectivity index (χ4n) is 2.78. The van der Waals surface area contributed by atoms with Crippen LogP contribution < -0.4 is 4.74 Å². The zero-order chi connectivity index (χ0) is 16.6. The van der Waals surface area contributed by atoms with Gasteiger partial charge in [-0.15, -0.1) is 0 Å². The quantitative estimate of drug-likeness (QED) is 0.546. The fraction of sp³-hybridized carbons (Fsp3) is 0.278. The lowest BCUT2D eigenvalue weighted by Crippen LogP contribution is -2.04. The van der Waals surface area contributed by atoms with E-state index in [4.69, 9.17) is 9.47 Å². The van der Waals surface area contributed by atoms with E-state index in [2.05, 4.69) is 9.97 Å². The van der Waals surface area contributed by atoms with Crippen molar-refractivity contribution in [1.29, 1.82) is 0 Å². The molecular weight excluding hydrogens is 292 g/mol. The Bertz CT molecular complexity index is 919. The SMILES string of the molecule is CCOc1c(C)cc2nc3c(C(=O)OC)cccc3nc2c1C. The van der Waals surface area contributed by atoms with Crippen molar-refractivity contribution in [1.82, 2.24) is 9.97 Å². The van der Waals surface area contributed by atoms with E-state index in [1.54, 1.807) is 12.1 Å². The number of esters is 1. The molecule has 1 heterocycles. The lowest BCUT2D eigenvalue weighted by molar-refractivity contribution is 0.0603. The predicted molar refractivity (Wildman–Crippen MR) is 89.0 cm³/mol. The lowest BCUT2D eigenvalue weighted by atomic mass is 10.1. The van der Waals surface area contributed by atoms with Crippen LogP contribution in [0.25, 0.3) is 22.1 Å². The number of methoxy groups -OCH3 is 1. The van der Waals surface area contributed by atoms with Gasteiger partial charge in [-0.1, -0.05) is 6.07 Å². The number of nitrogens with zero attached hydrogens (tertiary/aromatic N) is 2. The van der Waals surface area contributed by atoms with Crippen LogP contribution in [-0.2, 0) is 4.74 Å². The molecule has 118 valence electrons. The second kappa shape index (κ2) is 5.83. The van der Waals surface area contributed by atoms with Crippen LogP contribution in [0.4, 0.5) is 0 Å². The van der Waals surface area contributed by atoms with Crippen molar-refractivity contribution < 1.29 is 14.3 Å². The minimum Gasteiger partial charge on any atom is -0.493 e. The molecule has 0 unspecified atom stereocenters. The molecule has 5 heteroatoms. The summed E-state index contributed by atoms with van der Waals surface area (Å²) in [5.41, 5.74) is 5.12. The van der Waals surface area contributed by atoms with Gasteiger partial charge in [0.1, 0.15) is 11.3 Å². The second-order valence-corrected chi connectivity index (χ2v) is 5.34. The number of carbonyl (C=O) groups is 1. The van der Waals surface area contributed by atoms with Crippen LogP contribution in [0.15, 0.2) is 24.3 Å². The first-order valence-electron chi connectivity index (χ1n) is 7.48. The van der Waals surface area contributed by atoms with Gasteiger partial charge in [0.2, 0.25) is 0 Å². The van der Waals surface area contributed by atoms with E-state index in [9.17, 15) is 4.79 Å². The van der Waals surface area contributed by atoms with Gasteiger partial charge in [-0.25, -0.2) is 14.8 Å². The summed E-state index contributed by atoms with van der Waals surface area (Å²) in [7, 11) is 1.36. The summed E-state index contributed by atoms with van der Waals surface area (Å²) in [4.78, 5) is 21.3. The maximum atomic E-state index is 11.9. The second-order valence-electron chi connectivity index (χ2n) is 5.34. The number of para-hydroxylation sites is 1. The van der Waals surface area contributed by atoms with E-state index in [1.165, 1.54) is 7.11 Å². The zero-order valence-electron chi connectivity index (χ0n) is 13.6. The molecule has 0 fully saturated rings. The first kappa shape index (κ1) is 15.2. The van der Waals surface area contributed by atoms with Crippen molar-refractivity contribution in [3.63, 3.8) is 0 Å². The van der Waals surface area contributed by atoms with Crippen LogP contribution >= 0.6 is 0 Å². The zero-order valence-corrected chi connectivity index (χ0v) is 13.6. The Morgan fingerprint density at radius 2 is 1.87 bits per heavy atom. The van der Waals surface area contributed by atoms with Crippen LogP contribution in [-0.4, -0.2) is 29.7 Å². The number of benzene rings is 2. The molecule has 3 rings (SSSR count). The summed E-state index contributed by atoms with van der Waals surface area (Å²) < 4.78 is 10.6. The minimum absolute atomic E-state index is 0.413. The van der Waals surface area contributed by atoms with Gasteiger partial charge in [0, 0.05) is 5.56 Å². The van der Waals surface area contributed by atoms with Crippen molar-refractivity contribution >= 4 is 28.0 Å². The first-order valence-corrected chi connectivity index (χ1v) is 7.48. The highest BCUT2D eigenvalue weighted by Gasteiger charge is 2.16. The number of hydrogen-bond donors (Lipinski definition) is 0. The van der Waals surface area contributed by atoms with Crippen LogP contribution in [0.3, 0.4) is 0 Å². The van der Waals surface area contributed by atoms with Gasteiger partial charge in [0.25, 0.3) is 0 Å². The van der Waals surface area contributed by atoms with Gasteiger partial charge < -0.3 is 9.47 Å². The average molecular weight is 310 g/mol. The Hall–Kier alpha value is -2.69. The Balaban J connectivity index is 2.35. The molecule has 0 radical (unpaired) electrons. The average Bonchev–Trinajstić information content (AvgIpc) is 2.56. The monoisotopic (exact) mass is 310 g/mol. The molecule has 5 nitrogen and oxygen atoms in total. The van der Waals surface area contributed by atoms with Gasteiger partial charge in [-0.3, -0.25) is 0 Å². The molecule has 0 saturated heterocycles. The maximum absolute atomic E-state index is 11.9. The van der Waals surface area contributed by atoms with Gasteiger partial charge in [-0.05, 0) is 44.5 Å². The highest BCUT2D eigenvalue weighted by molar-refractivity contribution is 6.03. The molecule has 3 aromatic rings. The molecule has 1 aromatic heterocycles. The molecule has 0 atom stereocenters. The Kier molecular flexibility index (Phi) is 3.86. The molecule has 23 heavy (non-hydrogen) atoms. The van der Waals surface area contributed by atoms with Crippen molar-refractivity contribution in [2.75, 3.05) is 13.7 Å². The lowest BCUT2D eigenvalue weighted by Gasteiger charge is -2.13. The standard InChI is InChI=1S/C18H18N2O3/c1-5-23-17-10(2)9-14-15(11(17)3)19-13-8-6-7-12(16(13)20-14)18(21)22-4/h6-9H,5H2,1-4H3.